The molecule has 1 heterocycles. The molecule has 8 heteroatoms. The maximum atomic E-state index is 12.7. The van der Waals surface area contributed by atoms with E-state index in [1.165, 1.54) is 6.20 Å². The third kappa shape index (κ3) is 3.68. The minimum Gasteiger partial charge on any atom is -0.480 e. The van der Waals surface area contributed by atoms with E-state index in [9.17, 15) is 9.59 Å². The van der Waals surface area contributed by atoms with Gasteiger partial charge in [-0.3, -0.25) is 9.59 Å². The van der Waals surface area contributed by atoms with Gasteiger partial charge in [0.2, 0.25) is 0 Å². The van der Waals surface area contributed by atoms with Gasteiger partial charge in [0, 0.05) is 17.6 Å². The van der Waals surface area contributed by atoms with Crippen LogP contribution in [0.15, 0.2) is 30.5 Å². The second kappa shape index (κ2) is 6.37. The number of amides is 1. The van der Waals surface area contributed by atoms with Crippen molar-refractivity contribution >= 4 is 23.5 Å². The zero-order chi connectivity index (χ0) is 16.4. The summed E-state index contributed by atoms with van der Waals surface area (Å²) >= 11 is 6.17. The summed E-state index contributed by atoms with van der Waals surface area (Å²) in [5.41, 5.74) is 1.01. The highest BCUT2D eigenvalue weighted by Gasteiger charge is 2.34. The highest BCUT2D eigenvalue weighted by molar-refractivity contribution is 6.31. The van der Waals surface area contributed by atoms with Crippen LogP contribution in [0.2, 0.25) is 5.02 Å². The topological polar surface area (TPSA) is 88.3 Å². The number of carboxylic acid groups (broad SMARTS) is 1. The number of rotatable bonds is 6. The van der Waals surface area contributed by atoms with E-state index < -0.39 is 5.97 Å². The van der Waals surface area contributed by atoms with Crippen LogP contribution in [0.3, 0.4) is 0 Å². The van der Waals surface area contributed by atoms with E-state index in [4.69, 9.17) is 16.7 Å². The third-order valence-electron chi connectivity index (χ3n) is 3.60. The van der Waals surface area contributed by atoms with Crippen molar-refractivity contribution in [3.05, 3.63) is 46.7 Å². The maximum absolute atomic E-state index is 12.7. The van der Waals surface area contributed by atoms with E-state index in [0.29, 0.717) is 11.6 Å². The molecule has 0 aliphatic heterocycles. The highest BCUT2D eigenvalue weighted by atomic mass is 35.5. The van der Waals surface area contributed by atoms with Crippen molar-refractivity contribution in [1.29, 1.82) is 0 Å². The zero-order valence-corrected chi connectivity index (χ0v) is 13.0. The lowest BCUT2D eigenvalue weighted by atomic mass is 10.2. The van der Waals surface area contributed by atoms with Crippen molar-refractivity contribution < 1.29 is 14.7 Å². The molecule has 2 aromatic rings. The van der Waals surface area contributed by atoms with Gasteiger partial charge in [-0.2, -0.15) is 0 Å². The molecule has 1 saturated carbocycles. The Labute approximate surface area is 137 Å². The largest absolute Gasteiger partial charge is 0.480 e. The number of benzene rings is 1. The molecule has 1 aliphatic carbocycles. The van der Waals surface area contributed by atoms with E-state index in [-0.39, 0.29) is 24.2 Å². The van der Waals surface area contributed by atoms with Crippen molar-refractivity contribution in [3.8, 4) is 0 Å². The molecule has 1 aromatic heterocycles. The van der Waals surface area contributed by atoms with Gasteiger partial charge in [-0.25, -0.2) is 4.68 Å². The molecule has 3 rings (SSSR count). The molecule has 0 spiro atoms. The summed E-state index contributed by atoms with van der Waals surface area (Å²) in [6.07, 6.45) is 3.25. The van der Waals surface area contributed by atoms with Crippen molar-refractivity contribution in [1.82, 2.24) is 19.9 Å². The van der Waals surface area contributed by atoms with Crippen molar-refractivity contribution in [2.75, 3.05) is 0 Å². The number of carboxylic acids is 1. The average molecular weight is 335 g/mol. The molecule has 7 nitrogen and oxygen atoms in total. The van der Waals surface area contributed by atoms with Gasteiger partial charge in [0.05, 0.1) is 6.20 Å². The van der Waals surface area contributed by atoms with Crippen molar-refractivity contribution in [2.45, 2.75) is 32.0 Å². The van der Waals surface area contributed by atoms with Crippen LogP contribution in [-0.4, -0.2) is 42.9 Å². The first-order chi connectivity index (χ1) is 11.0. The fourth-order valence-corrected chi connectivity index (χ4v) is 2.52. The number of aromatic nitrogens is 3. The lowest BCUT2D eigenvalue weighted by Gasteiger charge is -2.21. The molecule has 0 bridgehead atoms. The van der Waals surface area contributed by atoms with Gasteiger partial charge < -0.3 is 10.0 Å². The molecule has 23 heavy (non-hydrogen) atoms. The summed E-state index contributed by atoms with van der Waals surface area (Å²) in [7, 11) is 0. The molecular formula is C15H15ClN4O3. The van der Waals surface area contributed by atoms with Crippen LogP contribution in [-0.2, 0) is 17.9 Å². The molecule has 1 aliphatic rings. The molecule has 1 N–H and O–H groups in total. The molecule has 1 amide bonds. The summed E-state index contributed by atoms with van der Waals surface area (Å²) in [5, 5.41) is 16.8. The smallest absolute Gasteiger partial charge is 0.325 e. The predicted octanol–water partition coefficient (Wildman–Crippen LogP) is 1.82. The molecule has 0 saturated heterocycles. The van der Waals surface area contributed by atoms with Crippen LogP contribution < -0.4 is 0 Å². The number of nitrogens with zero attached hydrogens (tertiary/aromatic N) is 4. The first kappa shape index (κ1) is 15.5. The zero-order valence-electron chi connectivity index (χ0n) is 12.2. The number of hydrogen-bond acceptors (Lipinski definition) is 4. The van der Waals surface area contributed by atoms with Crippen LogP contribution in [0.4, 0.5) is 0 Å². The number of hydrogen-bond donors (Lipinski definition) is 1. The van der Waals surface area contributed by atoms with Crippen LogP contribution in [0.1, 0.15) is 28.9 Å². The normalized spacial score (nSPS) is 13.8. The molecule has 1 fully saturated rings. The van der Waals surface area contributed by atoms with E-state index in [1.807, 2.05) is 18.2 Å². The molecule has 120 valence electrons. The first-order valence-corrected chi connectivity index (χ1v) is 7.58. The van der Waals surface area contributed by atoms with Crippen molar-refractivity contribution in [3.63, 3.8) is 0 Å². The van der Waals surface area contributed by atoms with E-state index in [1.54, 1.807) is 11.0 Å². The van der Waals surface area contributed by atoms with E-state index >= 15 is 0 Å². The van der Waals surface area contributed by atoms with Crippen LogP contribution in [0.25, 0.3) is 0 Å². The minimum atomic E-state index is -1.04. The highest BCUT2D eigenvalue weighted by Crippen LogP contribution is 2.30. The summed E-state index contributed by atoms with van der Waals surface area (Å²) in [4.78, 5) is 25.1. The van der Waals surface area contributed by atoms with Crippen LogP contribution >= 0.6 is 11.6 Å². The molecular weight excluding hydrogens is 320 g/mol. The Morgan fingerprint density at radius 2 is 2.09 bits per heavy atom. The second-order valence-corrected chi connectivity index (χ2v) is 5.86. The number of carbonyl (C=O) groups excluding carboxylic acids is 1. The lowest BCUT2D eigenvalue weighted by molar-refractivity contribution is -0.137. The third-order valence-corrected chi connectivity index (χ3v) is 3.97. The summed E-state index contributed by atoms with van der Waals surface area (Å²) in [6.45, 7) is 0.0726. The van der Waals surface area contributed by atoms with Gasteiger partial charge in [0.15, 0.2) is 5.69 Å². The fraction of sp³-hybridized carbons (Fsp3) is 0.333. The summed E-state index contributed by atoms with van der Waals surface area (Å²) in [5.74, 6) is -1.30. The number of carbonyl (C=O) groups is 2. The Hall–Kier alpha value is -2.41. The van der Waals surface area contributed by atoms with Gasteiger partial charge in [-0.15, -0.1) is 5.10 Å². The quantitative estimate of drug-likeness (QED) is 0.870. The maximum Gasteiger partial charge on any atom is 0.325 e. The average Bonchev–Trinajstić information content (AvgIpc) is 3.25. The van der Waals surface area contributed by atoms with Gasteiger partial charge in [-0.05, 0) is 24.5 Å². The predicted molar refractivity (Wildman–Crippen MR) is 82.0 cm³/mol. The molecule has 0 unspecified atom stereocenters. The van der Waals surface area contributed by atoms with E-state index in [2.05, 4.69) is 10.3 Å². The Balaban J connectivity index is 1.78. The Morgan fingerprint density at radius 3 is 2.74 bits per heavy atom. The standard InChI is InChI=1S/C15H15ClN4O3/c16-12-4-2-1-3-10(12)7-20(11-5-6-11)15(23)13-8-19(18-17-13)9-14(21)22/h1-4,8,11H,5-7,9H2,(H,21,22). The number of aliphatic carboxylic acids is 1. The molecule has 0 atom stereocenters. The Bertz CT molecular complexity index is 742. The first-order valence-electron chi connectivity index (χ1n) is 7.21. The van der Waals surface area contributed by atoms with Gasteiger partial charge in [-0.1, -0.05) is 35.0 Å². The van der Waals surface area contributed by atoms with Gasteiger partial charge >= 0.3 is 5.97 Å². The van der Waals surface area contributed by atoms with Gasteiger partial charge in [0.1, 0.15) is 6.54 Å². The van der Waals surface area contributed by atoms with Crippen LogP contribution in [0.5, 0.6) is 0 Å². The fourth-order valence-electron chi connectivity index (χ4n) is 2.32. The second-order valence-electron chi connectivity index (χ2n) is 5.45. The van der Waals surface area contributed by atoms with E-state index in [0.717, 1.165) is 23.1 Å². The Morgan fingerprint density at radius 1 is 1.35 bits per heavy atom. The molecule has 0 radical (unpaired) electrons. The summed E-state index contributed by atoms with van der Waals surface area (Å²) in [6, 6.07) is 7.55. The molecule has 1 aromatic carbocycles. The number of halogens is 1. The Kier molecular flexibility index (Phi) is 4.29. The monoisotopic (exact) mass is 334 g/mol. The van der Waals surface area contributed by atoms with Gasteiger partial charge in [0.25, 0.3) is 5.91 Å². The SMILES string of the molecule is O=C(O)Cn1cc(C(=O)N(Cc2ccccc2Cl)C2CC2)nn1. The van der Waals surface area contributed by atoms with Crippen LogP contribution in [0, 0.1) is 0 Å². The lowest BCUT2D eigenvalue weighted by Crippen LogP contribution is -2.33. The van der Waals surface area contributed by atoms with Crippen molar-refractivity contribution in [2.24, 2.45) is 0 Å². The minimum absolute atomic E-state index is 0.144. The summed E-state index contributed by atoms with van der Waals surface area (Å²) < 4.78 is 1.14.